The van der Waals surface area contributed by atoms with Gasteiger partial charge in [-0.15, -0.1) is 0 Å². The minimum absolute atomic E-state index is 0.0591. The molecule has 100 valence electrons. The molecule has 2 atom stereocenters. The van der Waals surface area contributed by atoms with Crippen LogP contribution in [0.5, 0.6) is 0 Å². The van der Waals surface area contributed by atoms with Crippen LogP contribution in [0.4, 0.5) is 0 Å². The molecule has 1 rings (SSSR count). The number of nitrogens with one attached hydrogen (secondary N) is 1. The molecular weight excluding hydrogens is 214 g/mol. The molecule has 1 saturated heterocycles. The van der Waals surface area contributed by atoms with Gasteiger partial charge in [0.15, 0.2) is 0 Å². The van der Waals surface area contributed by atoms with E-state index < -0.39 is 0 Å². The molecule has 0 spiro atoms. The molecule has 1 aliphatic rings. The van der Waals surface area contributed by atoms with Crippen molar-refractivity contribution in [1.82, 2.24) is 15.1 Å². The van der Waals surface area contributed by atoms with Gasteiger partial charge >= 0.3 is 0 Å². The van der Waals surface area contributed by atoms with Gasteiger partial charge in [0.05, 0.1) is 12.2 Å². The van der Waals surface area contributed by atoms with Crippen LogP contribution in [-0.2, 0) is 4.79 Å². The highest BCUT2D eigenvalue weighted by Gasteiger charge is 2.34. The summed E-state index contributed by atoms with van der Waals surface area (Å²) in [4.78, 5) is 16.3. The second-order valence-electron chi connectivity index (χ2n) is 5.23. The molecule has 1 N–H and O–H groups in total. The molecule has 0 saturated carbocycles. The summed E-state index contributed by atoms with van der Waals surface area (Å²) < 4.78 is 0. The Morgan fingerprint density at radius 3 is 2.65 bits per heavy atom. The lowest BCUT2D eigenvalue weighted by Crippen LogP contribution is -2.35. The molecule has 0 aromatic rings. The summed E-state index contributed by atoms with van der Waals surface area (Å²) in [5.74, 6) is 0.296. The van der Waals surface area contributed by atoms with Crippen LogP contribution in [0.3, 0.4) is 0 Å². The van der Waals surface area contributed by atoms with Crippen molar-refractivity contribution >= 4 is 5.91 Å². The number of amides is 1. The van der Waals surface area contributed by atoms with Gasteiger partial charge in [-0.25, -0.2) is 0 Å². The molecular formula is C13H27N3O. The van der Waals surface area contributed by atoms with E-state index in [9.17, 15) is 4.79 Å². The van der Waals surface area contributed by atoms with E-state index in [-0.39, 0.29) is 12.2 Å². The summed E-state index contributed by atoms with van der Waals surface area (Å²) in [6.45, 7) is 6.20. The number of rotatable bonds is 7. The van der Waals surface area contributed by atoms with E-state index in [1.165, 1.54) is 0 Å². The third-order valence-corrected chi connectivity index (χ3v) is 3.32. The number of hydrogen-bond donors (Lipinski definition) is 1. The number of hydrogen-bond acceptors (Lipinski definition) is 3. The largest absolute Gasteiger partial charge is 0.326 e. The van der Waals surface area contributed by atoms with E-state index in [1.807, 2.05) is 4.90 Å². The molecule has 1 amide bonds. The molecule has 1 heterocycles. The van der Waals surface area contributed by atoms with Crippen molar-refractivity contribution in [2.75, 3.05) is 27.2 Å². The lowest BCUT2D eigenvalue weighted by Gasteiger charge is -2.21. The number of carbonyl (C=O) groups is 1. The zero-order valence-electron chi connectivity index (χ0n) is 11.7. The van der Waals surface area contributed by atoms with Crippen LogP contribution in [0.25, 0.3) is 0 Å². The van der Waals surface area contributed by atoms with Gasteiger partial charge in [-0.05, 0) is 46.8 Å². The van der Waals surface area contributed by atoms with E-state index in [0.29, 0.717) is 5.91 Å². The van der Waals surface area contributed by atoms with Crippen molar-refractivity contribution in [3.05, 3.63) is 0 Å². The summed E-state index contributed by atoms with van der Waals surface area (Å²) >= 11 is 0. The van der Waals surface area contributed by atoms with Crippen LogP contribution in [0.2, 0.25) is 0 Å². The smallest absolute Gasteiger partial charge is 0.241 e. The van der Waals surface area contributed by atoms with Crippen LogP contribution in [0.1, 0.15) is 39.5 Å². The normalized spacial score (nSPS) is 25.0. The Hall–Kier alpha value is -0.610. The minimum Gasteiger partial charge on any atom is -0.326 e. The second-order valence-corrected chi connectivity index (χ2v) is 5.23. The zero-order chi connectivity index (χ0) is 12.8. The molecule has 1 fully saturated rings. The average molecular weight is 241 g/mol. The van der Waals surface area contributed by atoms with Crippen molar-refractivity contribution < 1.29 is 4.79 Å². The van der Waals surface area contributed by atoms with E-state index in [0.717, 1.165) is 38.8 Å². The second kappa shape index (κ2) is 6.97. The Labute approximate surface area is 105 Å². The fraction of sp³-hybridized carbons (Fsp3) is 0.923. The molecule has 0 aromatic heterocycles. The van der Waals surface area contributed by atoms with Gasteiger partial charge in [0.2, 0.25) is 5.91 Å². The minimum atomic E-state index is 0.0591. The Morgan fingerprint density at radius 1 is 1.35 bits per heavy atom. The number of nitrogens with zero attached hydrogens (tertiary/aromatic N) is 2. The highest BCUT2D eigenvalue weighted by Crippen LogP contribution is 2.15. The fourth-order valence-electron chi connectivity index (χ4n) is 2.35. The van der Waals surface area contributed by atoms with E-state index in [2.05, 4.69) is 38.2 Å². The van der Waals surface area contributed by atoms with Gasteiger partial charge in [0.25, 0.3) is 0 Å². The quantitative estimate of drug-likeness (QED) is 0.682. The zero-order valence-corrected chi connectivity index (χ0v) is 11.7. The van der Waals surface area contributed by atoms with Crippen molar-refractivity contribution in [1.29, 1.82) is 0 Å². The average Bonchev–Trinajstić information content (AvgIpc) is 2.51. The van der Waals surface area contributed by atoms with Gasteiger partial charge in [-0.3, -0.25) is 10.1 Å². The predicted molar refractivity (Wildman–Crippen MR) is 70.8 cm³/mol. The maximum atomic E-state index is 12.1. The summed E-state index contributed by atoms with van der Waals surface area (Å²) in [5.41, 5.74) is 0. The van der Waals surface area contributed by atoms with Crippen molar-refractivity contribution in [2.24, 2.45) is 0 Å². The molecule has 4 nitrogen and oxygen atoms in total. The molecule has 0 radical (unpaired) electrons. The standard InChI is InChI=1S/C13H27N3O/c1-5-8-12-13(17)16(11(2)14-12)10-7-6-9-15(3)4/h11-12,14H,5-10H2,1-4H3. The maximum absolute atomic E-state index is 12.1. The molecule has 0 aliphatic carbocycles. The molecule has 0 aromatic carbocycles. The van der Waals surface area contributed by atoms with E-state index >= 15 is 0 Å². The van der Waals surface area contributed by atoms with Crippen LogP contribution in [0.15, 0.2) is 0 Å². The monoisotopic (exact) mass is 241 g/mol. The van der Waals surface area contributed by atoms with E-state index in [1.54, 1.807) is 0 Å². The summed E-state index contributed by atoms with van der Waals surface area (Å²) in [7, 11) is 4.17. The fourth-order valence-corrected chi connectivity index (χ4v) is 2.35. The van der Waals surface area contributed by atoms with Crippen molar-refractivity contribution in [3.8, 4) is 0 Å². The molecule has 4 heteroatoms. The number of unbranched alkanes of at least 4 members (excludes halogenated alkanes) is 1. The van der Waals surface area contributed by atoms with Crippen LogP contribution in [-0.4, -0.2) is 55.1 Å². The molecule has 1 aliphatic heterocycles. The lowest BCUT2D eigenvalue weighted by molar-refractivity contribution is -0.130. The van der Waals surface area contributed by atoms with Gasteiger partial charge in [-0.1, -0.05) is 13.3 Å². The van der Waals surface area contributed by atoms with E-state index in [4.69, 9.17) is 0 Å². The third-order valence-electron chi connectivity index (χ3n) is 3.32. The Balaban J connectivity index is 2.30. The van der Waals surface area contributed by atoms with Gasteiger partial charge in [-0.2, -0.15) is 0 Å². The van der Waals surface area contributed by atoms with Gasteiger partial charge in [0.1, 0.15) is 0 Å². The first kappa shape index (κ1) is 14.5. The number of carbonyl (C=O) groups excluding carboxylic acids is 1. The lowest BCUT2D eigenvalue weighted by atomic mass is 10.1. The van der Waals surface area contributed by atoms with Gasteiger partial charge < -0.3 is 9.80 Å². The Morgan fingerprint density at radius 2 is 2.06 bits per heavy atom. The highest BCUT2D eigenvalue weighted by molar-refractivity contribution is 5.84. The predicted octanol–water partition coefficient (Wildman–Crippen LogP) is 1.27. The third kappa shape index (κ3) is 4.28. The molecule has 0 bridgehead atoms. The summed E-state index contributed by atoms with van der Waals surface area (Å²) in [6, 6.07) is 0.0591. The van der Waals surface area contributed by atoms with Crippen LogP contribution in [0, 0.1) is 0 Å². The first-order valence-corrected chi connectivity index (χ1v) is 6.77. The van der Waals surface area contributed by atoms with Crippen LogP contribution < -0.4 is 5.32 Å². The van der Waals surface area contributed by atoms with Crippen molar-refractivity contribution in [2.45, 2.75) is 51.7 Å². The Bertz CT molecular complexity index is 243. The highest BCUT2D eigenvalue weighted by atomic mass is 16.2. The Kier molecular flexibility index (Phi) is 5.92. The topological polar surface area (TPSA) is 35.6 Å². The maximum Gasteiger partial charge on any atom is 0.241 e. The van der Waals surface area contributed by atoms with Crippen LogP contribution >= 0.6 is 0 Å². The van der Waals surface area contributed by atoms with Crippen molar-refractivity contribution in [3.63, 3.8) is 0 Å². The summed E-state index contributed by atoms with van der Waals surface area (Å²) in [6.07, 6.45) is 4.47. The first-order chi connectivity index (χ1) is 8.06. The summed E-state index contributed by atoms with van der Waals surface area (Å²) in [5, 5.41) is 3.37. The molecule has 17 heavy (non-hydrogen) atoms. The molecule has 2 unspecified atom stereocenters. The van der Waals surface area contributed by atoms with Gasteiger partial charge in [0, 0.05) is 6.54 Å². The SMILES string of the molecule is CCCC1NC(C)N(CCCCN(C)C)C1=O. The first-order valence-electron chi connectivity index (χ1n) is 6.77.